The van der Waals surface area contributed by atoms with Crippen molar-refractivity contribution < 1.29 is 9.90 Å². The maximum Gasteiger partial charge on any atom is 0.308 e. The molecule has 4 heteroatoms. The van der Waals surface area contributed by atoms with Gasteiger partial charge in [0.05, 0.1) is 5.92 Å². The van der Waals surface area contributed by atoms with Gasteiger partial charge in [0, 0.05) is 25.2 Å². The van der Waals surface area contributed by atoms with E-state index in [4.69, 9.17) is 5.11 Å². The van der Waals surface area contributed by atoms with Crippen LogP contribution in [-0.4, -0.2) is 60.1 Å². The fourth-order valence-corrected chi connectivity index (χ4v) is 3.03. The second-order valence-electron chi connectivity index (χ2n) is 5.02. The predicted molar refractivity (Wildman–Crippen MR) is 57.8 cm³/mol. The molecule has 2 rings (SSSR count). The van der Waals surface area contributed by atoms with E-state index in [0.29, 0.717) is 12.1 Å². The highest BCUT2D eigenvalue weighted by atomic mass is 16.4. The van der Waals surface area contributed by atoms with Gasteiger partial charge in [0.2, 0.25) is 0 Å². The number of aliphatic carboxylic acids is 1. The number of hydrogen-bond acceptors (Lipinski definition) is 3. The Kier molecular flexibility index (Phi) is 2.98. The summed E-state index contributed by atoms with van der Waals surface area (Å²) in [6.07, 6.45) is 3.14. The van der Waals surface area contributed by atoms with E-state index in [1.165, 1.54) is 6.42 Å². The summed E-state index contributed by atoms with van der Waals surface area (Å²) in [6, 6.07) is 0.850. The van der Waals surface area contributed by atoms with Crippen molar-refractivity contribution in [3.8, 4) is 0 Å². The molecule has 0 amide bonds. The van der Waals surface area contributed by atoms with Crippen molar-refractivity contribution in [1.82, 2.24) is 9.80 Å². The average Bonchev–Trinajstić information content (AvgIpc) is 2.70. The summed E-state index contributed by atoms with van der Waals surface area (Å²) in [4.78, 5) is 15.6. The normalized spacial score (nSPS) is 35.3. The fourth-order valence-electron chi connectivity index (χ4n) is 3.03. The molecule has 0 aromatic rings. The lowest BCUT2D eigenvalue weighted by Crippen LogP contribution is -2.37. The molecule has 2 bridgehead atoms. The Morgan fingerprint density at radius 1 is 1.47 bits per heavy atom. The summed E-state index contributed by atoms with van der Waals surface area (Å²) >= 11 is 0. The van der Waals surface area contributed by atoms with Gasteiger partial charge in [-0.05, 0) is 33.4 Å². The van der Waals surface area contributed by atoms with Gasteiger partial charge in [-0.1, -0.05) is 0 Å². The van der Waals surface area contributed by atoms with E-state index in [-0.39, 0.29) is 5.92 Å². The van der Waals surface area contributed by atoms with Gasteiger partial charge in [-0.2, -0.15) is 0 Å². The standard InChI is InChI=1S/C11H20N2O2/c1-12(2)5-6-13-8-3-4-10(13)9(7-8)11(14)15/h8-10H,3-7H2,1-2H3,(H,14,15). The number of carbonyl (C=O) groups is 1. The molecule has 2 aliphatic heterocycles. The summed E-state index contributed by atoms with van der Waals surface area (Å²) < 4.78 is 0. The molecule has 0 aliphatic carbocycles. The van der Waals surface area contributed by atoms with Gasteiger partial charge in [-0.25, -0.2) is 0 Å². The molecular weight excluding hydrogens is 192 g/mol. The molecule has 1 N–H and O–H groups in total. The number of carboxylic acids is 1. The molecule has 2 aliphatic rings. The lowest BCUT2D eigenvalue weighted by molar-refractivity contribution is -0.142. The zero-order valence-corrected chi connectivity index (χ0v) is 9.52. The maximum absolute atomic E-state index is 11.0. The first kappa shape index (κ1) is 10.9. The van der Waals surface area contributed by atoms with Crippen LogP contribution in [0.15, 0.2) is 0 Å². The highest BCUT2D eigenvalue weighted by Crippen LogP contribution is 2.41. The number of likely N-dealkylation sites (N-methyl/N-ethyl adjacent to an activating group) is 1. The number of rotatable bonds is 4. The molecule has 0 spiro atoms. The molecule has 2 saturated heterocycles. The third-order valence-corrected chi connectivity index (χ3v) is 3.80. The Labute approximate surface area is 90.9 Å². The zero-order chi connectivity index (χ0) is 11.0. The van der Waals surface area contributed by atoms with Crippen molar-refractivity contribution in [2.45, 2.75) is 31.3 Å². The lowest BCUT2D eigenvalue weighted by atomic mass is 9.89. The van der Waals surface area contributed by atoms with E-state index in [9.17, 15) is 4.79 Å². The van der Waals surface area contributed by atoms with Crippen LogP contribution in [-0.2, 0) is 4.79 Å². The van der Waals surface area contributed by atoms with Crippen LogP contribution in [0.4, 0.5) is 0 Å². The Morgan fingerprint density at radius 3 is 2.73 bits per heavy atom. The van der Waals surface area contributed by atoms with Crippen LogP contribution < -0.4 is 0 Å². The van der Waals surface area contributed by atoms with Gasteiger partial charge >= 0.3 is 5.97 Å². The Hall–Kier alpha value is -0.610. The van der Waals surface area contributed by atoms with E-state index in [2.05, 4.69) is 23.9 Å². The molecule has 0 aromatic heterocycles. The minimum absolute atomic E-state index is 0.106. The van der Waals surface area contributed by atoms with E-state index in [1.54, 1.807) is 0 Å². The van der Waals surface area contributed by atoms with Crippen molar-refractivity contribution in [2.24, 2.45) is 5.92 Å². The van der Waals surface area contributed by atoms with Crippen molar-refractivity contribution >= 4 is 5.97 Å². The highest BCUT2D eigenvalue weighted by Gasteiger charge is 2.48. The number of hydrogen-bond donors (Lipinski definition) is 1. The van der Waals surface area contributed by atoms with E-state index in [0.717, 1.165) is 25.9 Å². The molecule has 3 unspecified atom stereocenters. The largest absolute Gasteiger partial charge is 0.481 e. The smallest absolute Gasteiger partial charge is 0.308 e. The van der Waals surface area contributed by atoms with E-state index >= 15 is 0 Å². The first-order valence-corrected chi connectivity index (χ1v) is 5.73. The topological polar surface area (TPSA) is 43.8 Å². The van der Waals surface area contributed by atoms with Gasteiger partial charge in [-0.3, -0.25) is 9.69 Å². The van der Waals surface area contributed by atoms with Crippen LogP contribution in [0.1, 0.15) is 19.3 Å². The minimum atomic E-state index is -0.600. The second kappa shape index (κ2) is 4.10. The molecule has 0 radical (unpaired) electrons. The van der Waals surface area contributed by atoms with Crippen LogP contribution in [0.2, 0.25) is 0 Å². The van der Waals surface area contributed by atoms with Crippen LogP contribution >= 0.6 is 0 Å². The Bertz CT molecular complexity index is 255. The summed E-state index contributed by atoms with van der Waals surface area (Å²) in [7, 11) is 4.12. The van der Waals surface area contributed by atoms with Crippen LogP contribution in [0.25, 0.3) is 0 Å². The van der Waals surface area contributed by atoms with Crippen LogP contribution in [0, 0.1) is 5.92 Å². The molecule has 2 heterocycles. The monoisotopic (exact) mass is 212 g/mol. The van der Waals surface area contributed by atoms with Crippen molar-refractivity contribution in [3.63, 3.8) is 0 Å². The van der Waals surface area contributed by atoms with Crippen molar-refractivity contribution in [3.05, 3.63) is 0 Å². The number of carboxylic acid groups (broad SMARTS) is 1. The van der Waals surface area contributed by atoms with Gasteiger partial charge in [0.15, 0.2) is 0 Å². The van der Waals surface area contributed by atoms with E-state index in [1.807, 2.05) is 0 Å². The third-order valence-electron chi connectivity index (χ3n) is 3.80. The zero-order valence-electron chi connectivity index (χ0n) is 9.52. The van der Waals surface area contributed by atoms with Gasteiger partial charge < -0.3 is 10.0 Å². The molecule has 3 atom stereocenters. The molecule has 15 heavy (non-hydrogen) atoms. The first-order chi connectivity index (χ1) is 7.09. The lowest BCUT2D eigenvalue weighted by Gasteiger charge is -2.24. The maximum atomic E-state index is 11.0. The molecule has 4 nitrogen and oxygen atoms in total. The molecule has 86 valence electrons. The van der Waals surface area contributed by atoms with Crippen molar-refractivity contribution in [2.75, 3.05) is 27.2 Å². The van der Waals surface area contributed by atoms with Gasteiger partial charge in [0.25, 0.3) is 0 Å². The summed E-state index contributed by atoms with van der Waals surface area (Å²) in [5.74, 6) is -0.706. The summed E-state index contributed by atoms with van der Waals surface area (Å²) in [6.45, 7) is 2.05. The van der Waals surface area contributed by atoms with Gasteiger partial charge in [0.1, 0.15) is 0 Å². The first-order valence-electron chi connectivity index (χ1n) is 5.73. The van der Waals surface area contributed by atoms with Crippen molar-refractivity contribution in [1.29, 1.82) is 0 Å². The molecule has 2 fully saturated rings. The molecule has 0 saturated carbocycles. The quantitative estimate of drug-likeness (QED) is 0.736. The van der Waals surface area contributed by atoms with E-state index < -0.39 is 5.97 Å². The second-order valence-corrected chi connectivity index (χ2v) is 5.02. The molecule has 0 aromatic carbocycles. The predicted octanol–water partition coefficient (Wildman–Crippen LogP) is 0.485. The number of fused-ring (bicyclic) bond motifs is 2. The Morgan fingerprint density at radius 2 is 2.20 bits per heavy atom. The van der Waals surface area contributed by atoms with Crippen LogP contribution in [0.3, 0.4) is 0 Å². The summed E-state index contributed by atoms with van der Waals surface area (Å²) in [5.41, 5.74) is 0. The third kappa shape index (κ3) is 2.01. The minimum Gasteiger partial charge on any atom is -0.481 e. The van der Waals surface area contributed by atoms with Gasteiger partial charge in [-0.15, -0.1) is 0 Å². The Balaban J connectivity index is 1.94. The SMILES string of the molecule is CN(C)CCN1C2CCC1C(C(=O)O)C2. The summed E-state index contributed by atoms with van der Waals surface area (Å²) in [5, 5.41) is 9.09. The number of nitrogens with zero attached hydrogens (tertiary/aromatic N) is 2. The fraction of sp³-hybridized carbons (Fsp3) is 0.909. The molecular formula is C11H20N2O2. The van der Waals surface area contributed by atoms with Crippen LogP contribution in [0.5, 0.6) is 0 Å². The highest BCUT2D eigenvalue weighted by molar-refractivity contribution is 5.71. The average molecular weight is 212 g/mol.